The van der Waals surface area contributed by atoms with E-state index < -0.39 is 5.41 Å². The molecule has 0 unspecified atom stereocenters. The molecule has 24 heavy (non-hydrogen) atoms. The standard InChI is InChI=1S/C21H34NO2/c1-7-18-11-13-19(14-12-18)17-22(9-3,10-4)15-16-24-20(23)21(5,6)8-2/h7,11-14H,1,8-10,15-17H2,2-6H3/q+1. The van der Waals surface area contributed by atoms with Gasteiger partial charge in [-0.25, -0.2) is 0 Å². The van der Waals surface area contributed by atoms with E-state index in [-0.39, 0.29) is 5.97 Å². The van der Waals surface area contributed by atoms with Crippen molar-refractivity contribution in [1.82, 2.24) is 0 Å². The molecule has 0 fully saturated rings. The van der Waals surface area contributed by atoms with Gasteiger partial charge in [-0.05, 0) is 39.7 Å². The van der Waals surface area contributed by atoms with Gasteiger partial charge in [0.1, 0.15) is 19.7 Å². The highest BCUT2D eigenvalue weighted by Gasteiger charge is 2.29. The Labute approximate surface area is 147 Å². The highest BCUT2D eigenvalue weighted by atomic mass is 16.5. The van der Waals surface area contributed by atoms with Gasteiger partial charge in [0, 0.05) is 5.56 Å². The van der Waals surface area contributed by atoms with Gasteiger partial charge in [0.05, 0.1) is 18.5 Å². The van der Waals surface area contributed by atoms with Gasteiger partial charge in [0.25, 0.3) is 0 Å². The molecule has 0 aliphatic heterocycles. The zero-order chi connectivity index (χ0) is 18.2. The maximum Gasteiger partial charge on any atom is 0.311 e. The number of carbonyl (C=O) groups excluding carboxylic acids is 1. The van der Waals surface area contributed by atoms with Crippen LogP contribution in [-0.2, 0) is 16.1 Å². The molecule has 0 saturated heterocycles. The van der Waals surface area contributed by atoms with E-state index in [1.54, 1.807) is 0 Å². The summed E-state index contributed by atoms with van der Waals surface area (Å²) in [5.74, 6) is -0.0920. The lowest BCUT2D eigenvalue weighted by molar-refractivity contribution is -0.937. The molecule has 3 nitrogen and oxygen atoms in total. The Morgan fingerprint density at radius 3 is 2.21 bits per heavy atom. The molecular weight excluding hydrogens is 298 g/mol. The Kier molecular flexibility index (Phi) is 7.68. The molecule has 0 bridgehead atoms. The number of ether oxygens (including phenoxy) is 1. The minimum absolute atomic E-state index is 0.0920. The second-order valence-electron chi connectivity index (χ2n) is 7.17. The molecule has 0 aliphatic rings. The summed E-state index contributed by atoms with van der Waals surface area (Å²) in [4.78, 5) is 12.1. The van der Waals surface area contributed by atoms with Gasteiger partial charge in [0.15, 0.2) is 0 Å². The molecule has 0 aliphatic carbocycles. The minimum Gasteiger partial charge on any atom is -0.459 e. The number of carbonyl (C=O) groups is 1. The predicted octanol–water partition coefficient (Wildman–Crippen LogP) is 4.67. The Hall–Kier alpha value is -1.61. The third-order valence-electron chi connectivity index (χ3n) is 5.31. The lowest BCUT2D eigenvalue weighted by Gasteiger charge is -2.37. The monoisotopic (exact) mass is 332 g/mol. The molecule has 0 N–H and O–H groups in total. The van der Waals surface area contributed by atoms with Crippen molar-refractivity contribution in [2.75, 3.05) is 26.2 Å². The number of hydrogen-bond donors (Lipinski definition) is 0. The average molecular weight is 333 g/mol. The quantitative estimate of drug-likeness (QED) is 0.460. The van der Waals surface area contributed by atoms with Gasteiger partial charge >= 0.3 is 5.97 Å². The van der Waals surface area contributed by atoms with E-state index in [0.29, 0.717) is 6.61 Å². The molecule has 134 valence electrons. The third-order valence-corrected chi connectivity index (χ3v) is 5.31. The second kappa shape index (κ2) is 9.03. The van der Waals surface area contributed by atoms with Crippen molar-refractivity contribution in [2.45, 2.75) is 47.6 Å². The van der Waals surface area contributed by atoms with E-state index in [1.165, 1.54) is 5.56 Å². The second-order valence-corrected chi connectivity index (χ2v) is 7.17. The van der Waals surface area contributed by atoms with Crippen molar-refractivity contribution in [3.63, 3.8) is 0 Å². The Bertz CT molecular complexity index is 527. The molecule has 0 spiro atoms. The molecule has 3 heteroatoms. The largest absolute Gasteiger partial charge is 0.459 e. The molecular formula is C21H34NO2+. The minimum atomic E-state index is -0.394. The van der Waals surface area contributed by atoms with E-state index in [4.69, 9.17) is 4.74 Å². The molecule has 0 aromatic heterocycles. The van der Waals surface area contributed by atoms with Crippen molar-refractivity contribution < 1.29 is 14.0 Å². The lowest BCUT2D eigenvalue weighted by atomic mass is 9.91. The van der Waals surface area contributed by atoms with Crippen LogP contribution in [0.4, 0.5) is 0 Å². The normalized spacial score (nSPS) is 12.0. The van der Waals surface area contributed by atoms with Crippen molar-refractivity contribution in [3.8, 4) is 0 Å². The van der Waals surface area contributed by atoms with Gasteiger partial charge in [0.2, 0.25) is 0 Å². The van der Waals surface area contributed by atoms with Gasteiger partial charge in [-0.1, -0.05) is 43.8 Å². The zero-order valence-corrected chi connectivity index (χ0v) is 16.1. The zero-order valence-electron chi connectivity index (χ0n) is 16.1. The summed E-state index contributed by atoms with van der Waals surface area (Å²) in [5, 5.41) is 0. The Morgan fingerprint density at radius 1 is 1.17 bits per heavy atom. The summed E-state index contributed by atoms with van der Waals surface area (Å²) >= 11 is 0. The van der Waals surface area contributed by atoms with E-state index in [9.17, 15) is 4.79 Å². The lowest BCUT2D eigenvalue weighted by Crippen LogP contribution is -2.49. The van der Waals surface area contributed by atoms with Crippen molar-refractivity contribution in [3.05, 3.63) is 42.0 Å². The third kappa shape index (κ3) is 5.48. The smallest absolute Gasteiger partial charge is 0.311 e. The summed E-state index contributed by atoms with van der Waals surface area (Å²) < 4.78 is 6.49. The number of esters is 1. The summed E-state index contributed by atoms with van der Waals surface area (Å²) in [5.41, 5.74) is 2.05. The molecule has 1 aromatic carbocycles. The molecule has 1 rings (SSSR count). The van der Waals surface area contributed by atoms with E-state index >= 15 is 0 Å². The summed E-state index contributed by atoms with van der Waals surface area (Å²) in [6, 6.07) is 8.54. The Morgan fingerprint density at radius 2 is 1.75 bits per heavy atom. The van der Waals surface area contributed by atoms with Crippen LogP contribution in [0.1, 0.15) is 52.2 Å². The first-order valence-electron chi connectivity index (χ1n) is 9.06. The topological polar surface area (TPSA) is 26.3 Å². The maximum absolute atomic E-state index is 12.1. The fraction of sp³-hybridized carbons (Fsp3) is 0.571. The maximum atomic E-state index is 12.1. The molecule has 0 radical (unpaired) electrons. The van der Waals surface area contributed by atoms with Crippen LogP contribution in [0.25, 0.3) is 6.08 Å². The number of rotatable bonds is 10. The number of benzene rings is 1. The van der Waals surface area contributed by atoms with Crippen LogP contribution in [-0.4, -0.2) is 36.7 Å². The van der Waals surface area contributed by atoms with Crippen LogP contribution in [0.3, 0.4) is 0 Å². The number of likely N-dealkylation sites (N-methyl/N-ethyl adjacent to an activating group) is 1. The van der Waals surface area contributed by atoms with Crippen LogP contribution in [0, 0.1) is 5.41 Å². The highest BCUT2D eigenvalue weighted by molar-refractivity contribution is 5.75. The van der Waals surface area contributed by atoms with Crippen molar-refractivity contribution in [1.29, 1.82) is 0 Å². The van der Waals surface area contributed by atoms with E-state index in [0.717, 1.165) is 42.6 Å². The molecule has 0 heterocycles. The van der Waals surface area contributed by atoms with E-state index in [2.05, 4.69) is 44.7 Å². The van der Waals surface area contributed by atoms with Crippen LogP contribution >= 0.6 is 0 Å². The van der Waals surface area contributed by atoms with Gasteiger partial charge in [-0.15, -0.1) is 0 Å². The first-order chi connectivity index (χ1) is 11.3. The van der Waals surface area contributed by atoms with Crippen LogP contribution in [0.5, 0.6) is 0 Å². The first kappa shape index (κ1) is 20.4. The number of quaternary nitrogens is 1. The fourth-order valence-electron chi connectivity index (χ4n) is 2.66. The Balaban J connectivity index is 2.70. The van der Waals surface area contributed by atoms with Crippen molar-refractivity contribution >= 4 is 12.0 Å². The predicted molar refractivity (Wildman–Crippen MR) is 101 cm³/mol. The number of hydrogen-bond acceptors (Lipinski definition) is 2. The van der Waals surface area contributed by atoms with Gasteiger partial charge < -0.3 is 9.22 Å². The summed E-state index contributed by atoms with van der Waals surface area (Å²) in [6.45, 7) is 18.5. The average Bonchev–Trinajstić information content (AvgIpc) is 2.61. The summed E-state index contributed by atoms with van der Waals surface area (Å²) in [7, 11) is 0. The molecule has 0 atom stereocenters. The van der Waals surface area contributed by atoms with E-state index in [1.807, 2.05) is 26.8 Å². The van der Waals surface area contributed by atoms with Gasteiger partial charge in [-0.2, -0.15) is 0 Å². The SMILES string of the molecule is C=Cc1ccc(C[N+](CC)(CC)CCOC(=O)C(C)(C)CC)cc1. The fourth-order valence-corrected chi connectivity index (χ4v) is 2.66. The first-order valence-corrected chi connectivity index (χ1v) is 9.06. The van der Waals surface area contributed by atoms with Gasteiger partial charge in [-0.3, -0.25) is 4.79 Å². The molecule has 0 amide bonds. The summed E-state index contributed by atoms with van der Waals surface area (Å²) in [6.07, 6.45) is 2.66. The van der Waals surface area contributed by atoms with Crippen molar-refractivity contribution in [2.24, 2.45) is 5.41 Å². The van der Waals surface area contributed by atoms with Crippen LogP contribution in [0.15, 0.2) is 30.8 Å². The van der Waals surface area contributed by atoms with Crippen LogP contribution < -0.4 is 0 Å². The van der Waals surface area contributed by atoms with Crippen LogP contribution in [0.2, 0.25) is 0 Å². The number of nitrogens with zero attached hydrogens (tertiary/aromatic N) is 1. The molecule has 0 saturated carbocycles. The highest BCUT2D eigenvalue weighted by Crippen LogP contribution is 2.22. The molecule has 1 aromatic rings.